The Kier molecular flexibility index (Phi) is 5.81. The Hall–Kier alpha value is -3.94. The Morgan fingerprint density at radius 2 is 1.64 bits per heavy atom. The molecule has 8 nitrogen and oxygen atoms in total. The lowest BCUT2D eigenvalue weighted by Gasteiger charge is -2.08. The molecule has 3 aromatic rings. The average molecular weight is 377 g/mol. The number of nitrogens with zero attached hydrogens (tertiary/aromatic N) is 2. The standard InChI is InChI=1S/C20H19N5O3/c1-21-20(27)24-15-7-3-14(4-8-15)19(26)25-18-11-17(22-12-23-18)13-5-9-16(28-2)10-6-13/h3-12H,1-2H3,(H2,21,24,27)(H,22,23,25,26). The Morgan fingerprint density at radius 1 is 0.929 bits per heavy atom. The lowest BCUT2D eigenvalue weighted by Crippen LogP contribution is -2.24. The van der Waals surface area contributed by atoms with Gasteiger partial charge in [0, 0.05) is 29.9 Å². The van der Waals surface area contributed by atoms with Gasteiger partial charge in [-0.25, -0.2) is 14.8 Å². The molecule has 0 spiro atoms. The molecule has 3 N–H and O–H groups in total. The highest BCUT2D eigenvalue weighted by molar-refractivity contribution is 6.04. The van der Waals surface area contributed by atoms with E-state index in [1.54, 1.807) is 37.4 Å². The number of aromatic nitrogens is 2. The summed E-state index contributed by atoms with van der Waals surface area (Å²) in [7, 11) is 3.13. The first-order chi connectivity index (χ1) is 13.6. The SMILES string of the molecule is CNC(=O)Nc1ccc(C(=O)Nc2cc(-c3ccc(OC)cc3)ncn2)cc1. The topological polar surface area (TPSA) is 105 Å². The molecule has 3 amide bonds. The van der Waals surface area contributed by atoms with Crippen LogP contribution in [0.3, 0.4) is 0 Å². The third kappa shape index (κ3) is 4.61. The van der Waals surface area contributed by atoms with Crippen LogP contribution < -0.4 is 20.7 Å². The molecule has 0 saturated heterocycles. The monoisotopic (exact) mass is 377 g/mol. The molecular weight excluding hydrogens is 358 g/mol. The van der Waals surface area contributed by atoms with Crippen LogP contribution in [0.25, 0.3) is 11.3 Å². The summed E-state index contributed by atoms with van der Waals surface area (Å²) in [6.45, 7) is 0. The summed E-state index contributed by atoms with van der Waals surface area (Å²) in [5.41, 5.74) is 2.58. The molecule has 1 aromatic heterocycles. The molecule has 0 radical (unpaired) electrons. The fourth-order valence-corrected chi connectivity index (χ4v) is 2.43. The van der Waals surface area contributed by atoms with E-state index in [1.165, 1.54) is 13.4 Å². The Bertz CT molecular complexity index is 972. The van der Waals surface area contributed by atoms with Gasteiger partial charge >= 0.3 is 6.03 Å². The van der Waals surface area contributed by atoms with Crippen molar-refractivity contribution in [2.45, 2.75) is 0 Å². The maximum atomic E-state index is 12.4. The number of carbonyl (C=O) groups excluding carboxylic acids is 2. The number of urea groups is 1. The summed E-state index contributed by atoms with van der Waals surface area (Å²) in [6.07, 6.45) is 1.39. The van der Waals surface area contributed by atoms with Crippen LogP contribution in [0.1, 0.15) is 10.4 Å². The van der Waals surface area contributed by atoms with Gasteiger partial charge in [0.05, 0.1) is 12.8 Å². The number of benzene rings is 2. The van der Waals surface area contributed by atoms with E-state index in [-0.39, 0.29) is 11.9 Å². The van der Waals surface area contributed by atoms with E-state index in [9.17, 15) is 9.59 Å². The second kappa shape index (κ2) is 8.63. The largest absolute Gasteiger partial charge is 0.497 e. The lowest BCUT2D eigenvalue weighted by atomic mass is 10.1. The summed E-state index contributed by atoms with van der Waals surface area (Å²) in [5, 5.41) is 7.84. The first-order valence-corrected chi connectivity index (χ1v) is 8.45. The highest BCUT2D eigenvalue weighted by atomic mass is 16.5. The minimum Gasteiger partial charge on any atom is -0.497 e. The molecular formula is C20H19N5O3. The van der Waals surface area contributed by atoms with Gasteiger partial charge in [0.2, 0.25) is 0 Å². The summed E-state index contributed by atoms with van der Waals surface area (Å²) < 4.78 is 5.15. The number of anilines is 2. The molecule has 0 aliphatic heterocycles. The Balaban J connectivity index is 1.71. The summed E-state index contributed by atoms with van der Waals surface area (Å²) in [6, 6.07) is 15.3. The van der Waals surface area contributed by atoms with Gasteiger partial charge in [-0.2, -0.15) is 0 Å². The maximum absolute atomic E-state index is 12.4. The summed E-state index contributed by atoms with van der Waals surface area (Å²) in [5.74, 6) is 0.824. The minimum atomic E-state index is -0.329. The fraction of sp³-hybridized carbons (Fsp3) is 0.100. The van der Waals surface area contributed by atoms with Crippen LogP contribution in [-0.4, -0.2) is 36.1 Å². The van der Waals surface area contributed by atoms with E-state index < -0.39 is 0 Å². The number of hydrogen-bond donors (Lipinski definition) is 3. The van der Waals surface area contributed by atoms with Gasteiger partial charge in [0.15, 0.2) is 0 Å². The Morgan fingerprint density at radius 3 is 2.29 bits per heavy atom. The molecule has 8 heteroatoms. The van der Waals surface area contributed by atoms with Crippen LogP contribution in [0.15, 0.2) is 60.9 Å². The molecule has 28 heavy (non-hydrogen) atoms. The lowest BCUT2D eigenvalue weighted by molar-refractivity contribution is 0.102. The first kappa shape index (κ1) is 18.8. The third-order valence-corrected chi connectivity index (χ3v) is 3.93. The zero-order valence-electron chi connectivity index (χ0n) is 15.4. The number of rotatable bonds is 5. The van der Waals surface area contributed by atoms with E-state index in [0.717, 1.165) is 11.3 Å². The number of nitrogens with one attached hydrogen (secondary N) is 3. The molecule has 0 unspecified atom stereocenters. The van der Waals surface area contributed by atoms with Gasteiger partial charge in [-0.1, -0.05) is 0 Å². The highest BCUT2D eigenvalue weighted by Crippen LogP contribution is 2.22. The summed E-state index contributed by atoms with van der Waals surface area (Å²) >= 11 is 0. The summed E-state index contributed by atoms with van der Waals surface area (Å²) in [4.78, 5) is 32.1. The first-order valence-electron chi connectivity index (χ1n) is 8.45. The Labute approximate surface area is 162 Å². The van der Waals surface area contributed by atoms with Gasteiger partial charge in [0.1, 0.15) is 17.9 Å². The van der Waals surface area contributed by atoms with Crippen molar-refractivity contribution in [2.24, 2.45) is 0 Å². The highest BCUT2D eigenvalue weighted by Gasteiger charge is 2.09. The van der Waals surface area contributed by atoms with Crippen molar-refractivity contribution in [2.75, 3.05) is 24.8 Å². The van der Waals surface area contributed by atoms with Crippen LogP contribution in [0.5, 0.6) is 5.75 Å². The van der Waals surface area contributed by atoms with E-state index in [2.05, 4.69) is 25.9 Å². The van der Waals surface area contributed by atoms with Crippen molar-refractivity contribution in [3.63, 3.8) is 0 Å². The normalized spacial score (nSPS) is 10.1. The molecule has 3 rings (SSSR count). The van der Waals surface area contributed by atoms with E-state index >= 15 is 0 Å². The van der Waals surface area contributed by atoms with Crippen LogP contribution in [0.2, 0.25) is 0 Å². The molecule has 2 aromatic carbocycles. The van der Waals surface area contributed by atoms with E-state index in [4.69, 9.17) is 4.74 Å². The number of amides is 3. The average Bonchev–Trinajstić information content (AvgIpc) is 2.74. The zero-order valence-corrected chi connectivity index (χ0v) is 15.4. The minimum absolute atomic E-state index is 0.314. The van der Waals surface area contributed by atoms with Crippen molar-refractivity contribution in [3.8, 4) is 17.0 Å². The van der Waals surface area contributed by atoms with Crippen molar-refractivity contribution < 1.29 is 14.3 Å². The fourth-order valence-electron chi connectivity index (χ4n) is 2.43. The van der Waals surface area contributed by atoms with E-state index in [1.807, 2.05) is 24.3 Å². The van der Waals surface area contributed by atoms with Crippen molar-refractivity contribution in [1.82, 2.24) is 15.3 Å². The van der Waals surface area contributed by atoms with Gasteiger partial charge in [0.25, 0.3) is 5.91 Å². The number of ether oxygens (including phenoxy) is 1. The molecule has 1 heterocycles. The molecule has 0 atom stereocenters. The van der Waals surface area contributed by atoms with Gasteiger partial charge in [-0.3, -0.25) is 4.79 Å². The van der Waals surface area contributed by atoms with Crippen molar-refractivity contribution >= 4 is 23.4 Å². The quantitative estimate of drug-likeness (QED) is 0.633. The predicted octanol–water partition coefficient (Wildman–Crippen LogP) is 3.16. The third-order valence-electron chi connectivity index (χ3n) is 3.93. The maximum Gasteiger partial charge on any atom is 0.318 e. The molecule has 0 fully saturated rings. The second-order valence-electron chi connectivity index (χ2n) is 5.75. The smallest absolute Gasteiger partial charge is 0.318 e. The van der Waals surface area contributed by atoms with Crippen LogP contribution in [-0.2, 0) is 0 Å². The molecule has 0 bridgehead atoms. The number of carbonyl (C=O) groups is 2. The molecule has 0 aliphatic carbocycles. The number of hydrogen-bond acceptors (Lipinski definition) is 5. The van der Waals surface area contributed by atoms with Crippen LogP contribution in [0.4, 0.5) is 16.3 Å². The molecule has 142 valence electrons. The van der Waals surface area contributed by atoms with Crippen molar-refractivity contribution in [1.29, 1.82) is 0 Å². The number of methoxy groups -OCH3 is 1. The van der Waals surface area contributed by atoms with E-state index in [0.29, 0.717) is 22.8 Å². The van der Waals surface area contributed by atoms with Gasteiger partial charge in [-0.05, 0) is 48.5 Å². The van der Waals surface area contributed by atoms with Crippen molar-refractivity contribution in [3.05, 3.63) is 66.5 Å². The van der Waals surface area contributed by atoms with Crippen LogP contribution in [0, 0.1) is 0 Å². The van der Waals surface area contributed by atoms with Gasteiger partial charge in [-0.15, -0.1) is 0 Å². The zero-order chi connectivity index (χ0) is 19.9. The van der Waals surface area contributed by atoms with Gasteiger partial charge < -0.3 is 20.7 Å². The second-order valence-corrected chi connectivity index (χ2v) is 5.75. The van der Waals surface area contributed by atoms with Crippen LogP contribution >= 0.6 is 0 Å². The molecule has 0 aliphatic rings. The molecule has 0 saturated carbocycles. The predicted molar refractivity (Wildman–Crippen MR) is 106 cm³/mol.